The van der Waals surface area contributed by atoms with Crippen LogP contribution in [-0.2, 0) is 9.47 Å². The van der Waals surface area contributed by atoms with Gasteiger partial charge in [0.15, 0.2) is 5.82 Å². The Bertz CT molecular complexity index is 1170. The monoisotopic (exact) mass is 496 g/mol. The van der Waals surface area contributed by atoms with Crippen LogP contribution in [0.5, 0.6) is 5.88 Å². The molecule has 190 valence electrons. The highest BCUT2D eigenvalue weighted by Crippen LogP contribution is 2.43. The van der Waals surface area contributed by atoms with Crippen molar-refractivity contribution in [2.24, 2.45) is 11.8 Å². The number of carbonyl (C=O) groups excluding carboxylic acids is 1. The molecule has 1 amide bonds. The number of hydrogen-bond acceptors (Lipinski definition) is 9. The third-order valence-corrected chi connectivity index (χ3v) is 7.18. The van der Waals surface area contributed by atoms with Gasteiger partial charge in [0, 0.05) is 32.0 Å². The minimum absolute atomic E-state index is 0.0473. The van der Waals surface area contributed by atoms with Crippen molar-refractivity contribution >= 4 is 23.3 Å². The molecule has 1 aromatic carbocycles. The summed E-state index contributed by atoms with van der Waals surface area (Å²) in [5.41, 5.74) is 0.592. The topological polar surface area (TPSA) is 122 Å². The van der Waals surface area contributed by atoms with Gasteiger partial charge >= 0.3 is 6.09 Å². The number of fused-ring (bicyclic) bond motifs is 2. The number of likely N-dealkylation sites (tertiary alicyclic amines) is 1. The highest BCUT2D eigenvalue weighted by molar-refractivity contribution is 5.74. The van der Waals surface area contributed by atoms with Crippen molar-refractivity contribution in [3.05, 3.63) is 35.9 Å². The molecule has 2 unspecified atom stereocenters. The molecule has 10 nitrogen and oxygen atoms in total. The first kappa shape index (κ1) is 24.1. The van der Waals surface area contributed by atoms with Crippen molar-refractivity contribution < 1.29 is 23.4 Å². The van der Waals surface area contributed by atoms with E-state index in [-0.39, 0.29) is 40.9 Å². The molecule has 1 saturated carbocycles. The summed E-state index contributed by atoms with van der Waals surface area (Å²) >= 11 is 0. The molecule has 3 aliphatic rings. The molecule has 2 bridgehead atoms. The lowest BCUT2D eigenvalue weighted by Crippen LogP contribution is -2.59. The van der Waals surface area contributed by atoms with Gasteiger partial charge in [0.25, 0.3) is 0 Å². The zero-order valence-electron chi connectivity index (χ0n) is 20.3. The van der Waals surface area contributed by atoms with Crippen LogP contribution >= 0.6 is 0 Å². The Hall–Kier alpha value is -3.65. The fourth-order valence-corrected chi connectivity index (χ4v) is 4.88. The van der Waals surface area contributed by atoms with Crippen LogP contribution in [-0.4, -0.2) is 66.0 Å². The number of aromatic nitrogens is 2. The maximum Gasteiger partial charge on any atom is 0.410 e. The lowest BCUT2D eigenvalue weighted by Gasteiger charge is -2.46. The first-order valence-corrected chi connectivity index (χ1v) is 12.2. The SMILES string of the molecule is CCC1(OC(=O)N2CC3COCC(C2)C3Oc2ncnc(Nc3ccc(C#N)cc3F)c2NC)CC1. The van der Waals surface area contributed by atoms with Gasteiger partial charge < -0.3 is 29.7 Å². The summed E-state index contributed by atoms with van der Waals surface area (Å²) in [7, 11) is 1.70. The second kappa shape index (κ2) is 9.78. The molecule has 1 aliphatic carbocycles. The van der Waals surface area contributed by atoms with Crippen molar-refractivity contribution in [2.45, 2.75) is 37.9 Å². The Morgan fingerprint density at radius 1 is 1.31 bits per heavy atom. The number of rotatable bonds is 7. The van der Waals surface area contributed by atoms with Gasteiger partial charge in [0.05, 0.1) is 30.5 Å². The summed E-state index contributed by atoms with van der Waals surface area (Å²) in [4.78, 5) is 23.2. The van der Waals surface area contributed by atoms with Crippen molar-refractivity contribution in [1.29, 1.82) is 5.26 Å². The standard InChI is InChI=1S/C25H29FN6O4/c1-3-25(6-7-25)36-24(33)32-10-16-12-34-13-17(11-32)21(16)35-23-20(28-2)22(29-14-30-23)31-19-5-4-15(9-27)8-18(19)26/h4-5,8,14,16-17,21,28H,3,6-7,10-13H2,1-2H3,(H,29,30,31). The second-order valence-corrected chi connectivity index (χ2v) is 9.53. The van der Waals surface area contributed by atoms with Crippen molar-refractivity contribution in [3.8, 4) is 11.9 Å². The zero-order valence-corrected chi connectivity index (χ0v) is 20.3. The van der Waals surface area contributed by atoms with Gasteiger partial charge in [-0.05, 0) is 37.5 Å². The molecule has 1 aromatic heterocycles. The number of piperidine rings is 1. The molecule has 2 atom stereocenters. The van der Waals surface area contributed by atoms with Gasteiger partial charge in [-0.2, -0.15) is 10.2 Å². The van der Waals surface area contributed by atoms with Gasteiger partial charge in [0.2, 0.25) is 5.88 Å². The quantitative estimate of drug-likeness (QED) is 0.591. The molecule has 2 aliphatic heterocycles. The molecule has 2 saturated heterocycles. The summed E-state index contributed by atoms with van der Waals surface area (Å²) in [6.45, 7) is 3.92. The largest absolute Gasteiger partial charge is 0.472 e. The maximum absolute atomic E-state index is 14.5. The molecule has 3 heterocycles. The highest BCUT2D eigenvalue weighted by atomic mass is 19.1. The molecule has 0 spiro atoms. The molecule has 11 heteroatoms. The second-order valence-electron chi connectivity index (χ2n) is 9.53. The number of nitrogens with one attached hydrogen (secondary N) is 2. The smallest absolute Gasteiger partial charge is 0.410 e. The number of ether oxygens (including phenoxy) is 3. The zero-order chi connectivity index (χ0) is 25.3. The Morgan fingerprint density at radius 3 is 2.67 bits per heavy atom. The van der Waals surface area contributed by atoms with Gasteiger partial charge in [-0.3, -0.25) is 0 Å². The maximum atomic E-state index is 14.5. The van der Waals surface area contributed by atoms with Gasteiger partial charge in [-0.15, -0.1) is 0 Å². The number of halogens is 1. The van der Waals surface area contributed by atoms with Crippen LogP contribution in [0.2, 0.25) is 0 Å². The third-order valence-electron chi connectivity index (χ3n) is 7.18. The number of hydrogen-bond donors (Lipinski definition) is 2. The third kappa shape index (κ3) is 4.73. The minimum Gasteiger partial charge on any atom is -0.472 e. The number of benzene rings is 1. The first-order chi connectivity index (χ1) is 17.4. The summed E-state index contributed by atoms with van der Waals surface area (Å²) in [6.07, 6.45) is 3.54. The molecular formula is C25H29FN6O4. The number of nitrogens with zero attached hydrogens (tertiary/aromatic N) is 4. The fraction of sp³-hybridized carbons (Fsp3) is 0.520. The predicted molar refractivity (Wildman–Crippen MR) is 129 cm³/mol. The normalized spacial score (nSPS) is 23.8. The average Bonchev–Trinajstić information content (AvgIpc) is 3.65. The van der Waals surface area contributed by atoms with Gasteiger partial charge in [0.1, 0.15) is 29.5 Å². The molecule has 0 radical (unpaired) electrons. The summed E-state index contributed by atoms with van der Waals surface area (Å²) in [5.74, 6) is -0.00495. The van der Waals surface area contributed by atoms with Gasteiger partial charge in [-0.25, -0.2) is 14.2 Å². The van der Waals surface area contributed by atoms with E-state index in [0.717, 1.165) is 25.3 Å². The fourth-order valence-electron chi connectivity index (χ4n) is 4.88. The Balaban J connectivity index is 1.32. The van der Waals surface area contributed by atoms with E-state index >= 15 is 0 Å². The Morgan fingerprint density at radius 2 is 2.06 bits per heavy atom. The lowest BCUT2D eigenvalue weighted by atomic mass is 9.84. The minimum atomic E-state index is -0.570. The van der Waals surface area contributed by atoms with E-state index in [2.05, 4.69) is 20.6 Å². The lowest BCUT2D eigenvalue weighted by molar-refractivity contribution is -0.111. The Labute approximate surface area is 208 Å². The van der Waals surface area contributed by atoms with E-state index in [1.165, 1.54) is 18.5 Å². The van der Waals surface area contributed by atoms with E-state index in [0.29, 0.717) is 43.7 Å². The van der Waals surface area contributed by atoms with Crippen molar-refractivity contribution in [3.63, 3.8) is 0 Å². The summed E-state index contributed by atoms with van der Waals surface area (Å²) in [5, 5.41) is 15.0. The molecule has 36 heavy (non-hydrogen) atoms. The van der Waals surface area contributed by atoms with Crippen LogP contribution in [0.25, 0.3) is 0 Å². The first-order valence-electron chi connectivity index (χ1n) is 12.2. The van der Waals surface area contributed by atoms with Crippen LogP contribution in [0, 0.1) is 29.0 Å². The van der Waals surface area contributed by atoms with E-state index in [1.807, 2.05) is 13.0 Å². The number of amides is 1. The average molecular weight is 497 g/mol. The molecule has 2 N–H and O–H groups in total. The highest BCUT2D eigenvalue weighted by Gasteiger charge is 2.49. The van der Waals surface area contributed by atoms with E-state index in [1.54, 1.807) is 11.9 Å². The van der Waals surface area contributed by atoms with Gasteiger partial charge in [-0.1, -0.05) is 6.92 Å². The Kier molecular flexibility index (Phi) is 6.53. The van der Waals surface area contributed by atoms with Crippen LogP contribution in [0.15, 0.2) is 24.5 Å². The molecule has 2 aromatic rings. The number of nitriles is 1. The molecule has 3 fully saturated rings. The van der Waals surface area contributed by atoms with Crippen LogP contribution in [0.1, 0.15) is 31.7 Å². The number of carbonyl (C=O) groups is 1. The van der Waals surface area contributed by atoms with Crippen LogP contribution < -0.4 is 15.4 Å². The van der Waals surface area contributed by atoms with E-state index < -0.39 is 5.82 Å². The predicted octanol–water partition coefficient (Wildman–Crippen LogP) is 3.68. The van der Waals surface area contributed by atoms with Crippen LogP contribution in [0.3, 0.4) is 0 Å². The van der Waals surface area contributed by atoms with Crippen molar-refractivity contribution in [1.82, 2.24) is 14.9 Å². The summed E-state index contributed by atoms with van der Waals surface area (Å²) in [6, 6.07) is 6.08. The van der Waals surface area contributed by atoms with Crippen molar-refractivity contribution in [2.75, 3.05) is 44.0 Å². The van der Waals surface area contributed by atoms with Crippen LogP contribution in [0.4, 0.5) is 26.4 Å². The van der Waals surface area contributed by atoms with E-state index in [9.17, 15) is 9.18 Å². The molecule has 5 rings (SSSR count). The molecular weight excluding hydrogens is 467 g/mol. The number of anilines is 3. The van der Waals surface area contributed by atoms with E-state index in [4.69, 9.17) is 19.5 Å². The summed E-state index contributed by atoms with van der Waals surface area (Å²) < 4.78 is 32.4.